The normalized spacial score (nSPS) is 14.0. The molecule has 0 amide bonds. The molecule has 0 spiro atoms. The molecule has 2 nitrogen and oxygen atoms in total. The summed E-state index contributed by atoms with van der Waals surface area (Å²) >= 11 is 0. The second-order valence-corrected chi connectivity index (χ2v) is 11.8. The second kappa shape index (κ2) is 12.3. The van der Waals surface area contributed by atoms with Gasteiger partial charge in [-0.15, -0.1) is 0 Å². The number of rotatable bonds is 7. The largest absolute Gasteiger partial charge is 0.246 e. The van der Waals surface area contributed by atoms with E-state index in [0.717, 1.165) is 35.6 Å². The van der Waals surface area contributed by atoms with Gasteiger partial charge in [0.1, 0.15) is 0 Å². The van der Waals surface area contributed by atoms with Crippen LogP contribution in [0, 0.1) is 0 Å². The van der Waals surface area contributed by atoms with Crippen molar-refractivity contribution < 1.29 is 0 Å². The first kappa shape index (κ1) is 27.7. The van der Waals surface area contributed by atoms with Crippen molar-refractivity contribution in [3.8, 4) is 33.6 Å². The average Bonchev–Trinajstić information content (AvgIpc) is 3.84. The number of nitrogens with zero attached hydrogens (tertiary/aromatic N) is 2. The van der Waals surface area contributed by atoms with Crippen LogP contribution in [0.25, 0.3) is 55.9 Å². The minimum Gasteiger partial charge on any atom is -0.246 e. The Morgan fingerprint density at radius 1 is 0.348 bits per heavy atom. The SMILES string of the molecule is C1=C(c2ccc(-c3ccccc3)cc2)C=C(c2cccc(-c3cccc(C4=CC=C(c5ccc(-c6ccccc6)cc5)C4)n3)n2)C1. The van der Waals surface area contributed by atoms with Crippen LogP contribution in [-0.4, -0.2) is 9.97 Å². The molecule has 2 aromatic heterocycles. The van der Waals surface area contributed by atoms with E-state index in [9.17, 15) is 0 Å². The molecule has 6 aromatic rings. The van der Waals surface area contributed by atoms with Gasteiger partial charge in [0.15, 0.2) is 0 Å². The number of benzene rings is 4. The van der Waals surface area contributed by atoms with Gasteiger partial charge in [-0.25, -0.2) is 9.97 Å². The third-order valence-corrected chi connectivity index (χ3v) is 8.85. The molecule has 46 heavy (non-hydrogen) atoms. The minimum atomic E-state index is 0.863. The Bertz CT molecular complexity index is 2150. The van der Waals surface area contributed by atoms with Gasteiger partial charge in [0, 0.05) is 6.42 Å². The fraction of sp³-hybridized carbons (Fsp3) is 0.0455. The predicted molar refractivity (Wildman–Crippen MR) is 192 cm³/mol. The topological polar surface area (TPSA) is 25.8 Å². The molecular formula is C44H32N2. The molecule has 4 aromatic carbocycles. The fourth-order valence-electron chi connectivity index (χ4n) is 6.31. The number of allylic oxidation sites excluding steroid dienone is 8. The highest BCUT2D eigenvalue weighted by Crippen LogP contribution is 2.36. The molecule has 0 aliphatic heterocycles. The van der Waals surface area contributed by atoms with Crippen molar-refractivity contribution in [1.29, 1.82) is 0 Å². The summed E-state index contributed by atoms with van der Waals surface area (Å²) in [6.07, 6.45) is 10.7. The second-order valence-electron chi connectivity index (χ2n) is 11.8. The van der Waals surface area contributed by atoms with Crippen LogP contribution in [0.1, 0.15) is 35.4 Å². The van der Waals surface area contributed by atoms with Crippen LogP contribution in [0.2, 0.25) is 0 Å². The highest BCUT2D eigenvalue weighted by molar-refractivity contribution is 5.90. The summed E-state index contributed by atoms with van der Waals surface area (Å²) in [5, 5.41) is 0. The van der Waals surface area contributed by atoms with Gasteiger partial charge in [-0.1, -0.05) is 140 Å². The zero-order chi connectivity index (χ0) is 30.7. The summed E-state index contributed by atoms with van der Waals surface area (Å²) in [7, 11) is 0. The molecule has 0 fully saturated rings. The van der Waals surface area contributed by atoms with E-state index in [2.05, 4.69) is 170 Å². The summed E-state index contributed by atoms with van der Waals surface area (Å²) in [5.74, 6) is 0. The van der Waals surface area contributed by atoms with Crippen LogP contribution in [0.15, 0.2) is 170 Å². The number of hydrogen-bond donors (Lipinski definition) is 0. The highest BCUT2D eigenvalue weighted by Gasteiger charge is 2.16. The maximum absolute atomic E-state index is 5.07. The van der Waals surface area contributed by atoms with Crippen LogP contribution < -0.4 is 0 Å². The van der Waals surface area contributed by atoms with Gasteiger partial charge in [-0.3, -0.25) is 0 Å². The Balaban J connectivity index is 0.964. The Morgan fingerprint density at radius 2 is 0.804 bits per heavy atom. The number of pyridine rings is 2. The van der Waals surface area contributed by atoms with Gasteiger partial charge in [-0.05, 0) is 92.4 Å². The first-order valence-corrected chi connectivity index (χ1v) is 15.8. The van der Waals surface area contributed by atoms with Crippen molar-refractivity contribution in [2.24, 2.45) is 0 Å². The van der Waals surface area contributed by atoms with Crippen molar-refractivity contribution in [1.82, 2.24) is 9.97 Å². The van der Waals surface area contributed by atoms with E-state index in [0.29, 0.717) is 0 Å². The van der Waals surface area contributed by atoms with Gasteiger partial charge in [-0.2, -0.15) is 0 Å². The van der Waals surface area contributed by atoms with Gasteiger partial charge in [0.2, 0.25) is 0 Å². The molecule has 2 heteroatoms. The Kier molecular flexibility index (Phi) is 7.38. The maximum Gasteiger partial charge on any atom is 0.0893 e. The zero-order valence-electron chi connectivity index (χ0n) is 25.5. The molecule has 0 unspecified atom stereocenters. The van der Waals surface area contributed by atoms with E-state index in [-0.39, 0.29) is 0 Å². The first-order chi connectivity index (χ1) is 22.8. The smallest absolute Gasteiger partial charge is 0.0893 e. The summed E-state index contributed by atoms with van der Waals surface area (Å²) < 4.78 is 0. The third kappa shape index (κ3) is 5.69. The lowest BCUT2D eigenvalue weighted by molar-refractivity contribution is 1.19. The molecule has 2 aliphatic carbocycles. The average molecular weight is 589 g/mol. The standard InChI is InChI=1S/C44H32N2/c1-3-9-31(10-4-1)33-17-21-35(22-18-33)37-25-27-39(29-37)41-13-7-15-43(45-41)44-16-8-14-42(46-44)40-28-26-38(30-40)36-23-19-34(20-24-36)32-11-5-2-6-12-32/h1-27,30H,28-29H2. The third-order valence-electron chi connectivity index (χ3n) is 8.85. The molecule has 2 aliphatic rings. The number of hydrogen-bond acceptors (Lipinski definition) is 2. The van der Waals surface area contributed by atoms with Crippen LogP contribution in [-0.2, 0) is 0 Å². The quantitative estimate of drug-likeness (QED) is 0.185. The Labute approximate surface area is 270 Å². The molecule has 8 rings (SSSR count). The predicted octanol–water partition coefficient (Wildman–Crippen LogP) is 11.2. The van der Waals surface area contributed by atoms with E-state index >= 15 is 0 Å². The summed E-state index contributed by atoms with van der Waals surface area (Å²) in [5.41, 5.74) is 16.2. The minimum absolute atomic E-state index is 0.863. The van der Waals surface area contributed by atoms with E-state index < -0.39 is 0 Å². The van der Waals surface area contributed by atoms with E-state index in [4.69, 9.17) is 9.97 Å². The lowest BCUT2D eigenvalue weighted by Crippen LogP contribution is -1.95. The lowest BCUT2D eigenvalue weighted by Gasteiger charge is -2.09. The molecule has 0 N–H and O–H groups in total. The molecule has 0 atom stereocenters. The van der Waals surface area contributed by atoms with E-state index in [1.807, 2.05) is 0 Å². The Morgan fingerprint density at radius 3 is 1.39 bits per heavy atom. The Hall–Kier alpha value is -5.86. The molecule has 0 saturated heterocycles. The van der Waals surface area contributed by atoms with Crippen molar-refractivity contribution >= 4 is 22.3 Å². The van der Waals surface area contributed by atoms with Crippen LogP contribution in [0.5, 0.6) is 0 Å². The van der Waals surface area contributed by atoms with Crippen LogP contribution in [0.3, 0.4) is 0 Å². The summed E-state index contributed by atoms with van der Waals surface area (Å²) in [6, 6.07) is 51.2. The molecule has 0 radical (unpaired) electrons. The van der Waals surface area contributed by atoms with E-state index in [1.54, 1.807) is 0 Å². The number of aromatic nitrogens is 2. The van der Waals surface area contributed by atoms with Gasteiger partial charge in [0.05, 0.1) is 22.8 Å². The molecular weight excluding hydrogens is 556 g/mol. The molecule has 0 saturated carbocycles. The van der Waals surface area contributed by atoms with Gasteiger partial charge in [0.25, 0.3) is 0 Å². The molecule has 2 heterocycles. The maximum atomic E-state index is 5.07. The summed E-state index contributed by atoms with van der Waals surface area (Å²) in [6.45, 7) is 0. The van der Waals surface area contributed by atoms with Gasteiger partial charge >= 0.3 is 0 Å². The lowest BCUT2D eigenvalue weighted by atomic mass is 9.98. The van der Waals surface area contributed by atoms with Crippen molar-refractivity contribution in [3.63, 3.8) is 0 Å². The first-order valence-electron chi connectivity index (χ1n) is 15.8. The van der Waals surface area contributed by atoms with Crippen LogP contribution >= 0.6 is 0 Å². The van der Waals surface area contributed by atoms with E-state index in [1.165, 1.54) is 55.7 Å². The van der Waals surface area contributed by atoms with Crippen LogP contribution in [0.4, 0.5) is 0 Å². The summed E-state index contributed by atoms with van der Waals surface area (Å²) in [4.78, 5) is 10.1. The van der Waals surface area contributed by atoms with Crippen molar-refractivity contribution in [2.75, 3.05) is 0 Å². The monoisotopic (exact) mass is 588 g/mol. The van der Waals surface area contributed by atoms with Gasteiger partial charge < -0.3 is 0 Å². The van der Waals surface area contributed by atoms with Crippen molar-refractivity contribution in [3.05, 3.63) is 192 Å². The molecule has 218 valence electrons. The fourth-order valence-corrected chi connectivity index (χ4v) is 6.31. The highest BCUT2D eigenvalue weighted by atomic mass is 14.8. The molecule has 0 bridgehead atoms. The van der Waals surface area contributed by atoms with Crippen molar-refractivity contribution in [2.45, 2.75) is 12.8 Å². The zero-order valence-corrected chi connectivity index (χ0v) is 25.5.